The van der Waals surface area contributed by atoms with E-state index in [0.29, 0.717) is 16.7 Å². The molecule has 0 radical (unpaired) electrons. The summed E-state index contributed by atoms with van der Waals surface area (Å²) in [7, 11) is 0. The molecule has 1 amide bonds. The zero-order valence-corrected chi connectivity index (χ0v) is 17.4. The molecule has 0 saturated carbocycles. The fraction of sp³-hybridized carbons (Fsp3) is 0.143. The van der Waals surface area contributed by atoms with Crippen molar-refractivity contribution in [1.29, 1.82) is 0 Å². The van der Waals surface area contributed by atoms with Crippen LogP contribution in [0.5, 0.6) is 0 Å². The van der Waals surface area contributed by atoms with Crippen molar-refractivity contribution < 1.29 is 18.0 Å². The lowest BCUT2D eigenvalue weighted by Crippen LogP contribution is -2.23. The number of carbonyl (C=O) groups excluding carboxylic acids is 1. The molecule has 32 heavy (non-hydrogen) atoms. The quantitative estimate of drug-likeness (QED) is 0.345. The number of aromatic amines is 1. The van der Waals surface area contributed by atoms with Gasteiger partial charge < -0.3 is 5.32 Å². The number of para-hydroxylation sites is 1. The fourth-order valence-electron chi connectivity index (χ4n) is 3.07. The number of aryl methyl sites for hydroxylation is 1. The number of H-pyrrole nitrogens is 1. The highest BCUT2D eigenvalue weighted by Crippen LogP contribution is 2.30. The summed E-state index contributed by atoms with van der Waals surface area (Å²) in [6.07, 6.45) is -3.06. The van der Waals surface area contributed by atoms with E-state index in [1.807, 2.05) is 19.1 Å². The summed E-state index contributed by atoms with van der Waals surface area (Å²) < 4.78 is 39.5. The smallest absolute Gasteiger partial charge is 0.325 e. The van der Waals surface area contributed by atoms with Crippen molar-refractivity contribution >= 4 is 34.4 Å². The van der Waals surface area contributed by atoms with Crippen LogP contribution in [0.1, 0.15) is 11.1 Å². The number of benzene rings is 2. The Balaban J connectivity index is 1.58. The Bertz CT molecular complexity index is 1350. The number of carbonyl (C=O) groups is 1. The standard InChI is InChI=1S/C21H16F3N5O2S/c1-12-4-2-3-5-16(12)29-19(31)15-10-25-28-18(15)27-20(29)32-11-17(30)26-14-8-6-13(7-9-14)21(22,23)24/h2-10H,11H2,1H3,(H,25,28)(H,26,30). The van der Waals surface area contributed by atoms with Crippen LogP contribution in [0.3, 0.4) is 0 Å². The van der Waals surface area contributed by atoms with E-state index in [9.17, 15) is 22.8 Å². The Morgan fingerprint density at radius 3 is 2.56 bits per heavy atom. The maximum absolute atomic E-state index is 13.1. The maximum Gasteiger partial charge on any atom is 0.416 e. The Morgan fingerprint density at radius 2 is 1.88 bits per heavy atom. The molecule has 7 nitrogen and oxygen atoms in total. The Hall–Kier alpha value is -3.60. The number of nitrogens with zero attached hydrogens (tertiary/aromatic N) is 3. The van der Waals surface area contributed by atoms with E-state index in [1.165, 1.54) is 22.9 Å². The normalized spacial score (nSPS) is 11.6. The van der Waals surface area contributed by atoms with Gasteiger partial charge in [-0.3, -0.25) is 19.3 Å². The van der Waals surface area contributed by atoms with Crippen LogP contribution in [0, 0.1) is 6.92 Å². The SMILES string of the molecule is Cc1ccccc1-n1c(SCC(=O)Nc2ccc(C(F)(F)F)cc2)nc2[nH]ncc2c1=O. The van der Waals surface area contributed by atoms with Crippen molar-refractivity contribution in [3.63, 3.8) is 0 Å². The number of thioether (sulfide) groups is 1. The van der Waals surface area contributed by atoms with Crippen molar-refractivity contribution in [3.05, 3.63) is 76.2 Å². The summed E-state index contributed by atoms with van der Waals surface area (Å²) in [6, 6.07) is 11.4. The molecule has 2 aromatic carbocycles. The Kier molecular flexibility index (Phi) is 5.74. The first-order chi connectivity index (χ1) is 15.2. The molecule has 0 aliphatic carbocycles. The summed E-state index contributed by atoms with van der Waals surface area (Å²) in [6.45, 7) is 1.85. The highest BCUT2D eigenvalue weighted by atomic mass is 32.2. The van der Waals surface area contributed by atoms with Gasteiger partial charge in [-0.05, 0) is 42.8 Å². The third-order valence-corrected chi connectivity index (χ3v) is 5.57. The van der Waals surface area contributed by atoms with Crippen molar-refractivity contribution in [1.82, 2.24) is 19.7 Å². The molecule has 4 aromatic rings. The molecule has 0 unspecified atom stereocenters. The van der Waals surface area contributed by atoms with E-state index in [1.54, 1.807) is 12.1 Å². The molecule has 2 aromatic heterocycles. The molecule has 0 bridgehead atoms. The molecule has 11 heteroatoms. The van der Waals surface area contributed by atoms with Crippen LogP contribution >= 0.6 is 11.8 Å². The lowest BCUT2D eigenvalue weighted by molar-refractivity contribution is -0.137. The number of hydrogen-bond donors (Lipinski definition) is 2. The molecule has 4 rings (SSSR count). The Morgan fingerprint density at radius 1 is 1.16 bits per heavy atom. The zero-order chi connectivity index (χ0) is 22.9. The first-order valence-electron chi connectivity index (χ1n) is 9.36. The van der Waals surface area contributed by atoms with Gasteiger partial charge in [-0.1, -0.05) is 30.0 Å². The average Bonchev–Trinajstić information content (AvgIpc) is 3.22. The van der Waals surface area contributed by atoms with E-state index >= 15 is 0 Å². The van der Waals surface area contributed by atoms with Gasteiger partial charge in [-0.2, -0.15) is 18.3 Å². The highest BCUT2D eigenvalue weighted by molar-refractivity contribution is 7.99. The number of alkyl halides is 3. The highest BCUT2D eigenvalue weighted by Gasteiger charge is 2.30. The number of halogens is 3. The lowest BCUT2D eigenvalue weighted by Gasteiger charge is -2.14. The summed E-state index contributed by atoms with van der Waals surface area (Å²) in [5.41, 5.74) is 0.865. The summed E-state index contributed by atoms with van der Waals surface area (Å²) in [5, 5.41) is 9.66. The first kappa shape index (κ1) is 21.6. The van der Waals surface area contributed by atoms with Gasteiger partial charge in [0.15, 0.2) is 10.8 Å². The van der Waals surface area contributed by atoms with Gasteiger partial charge in [-0.15, -0.1) is 0 Å². The second kappa shape index (κ2) is 8.50. The van der Waals surface area contributed by atoms with Gasteiger partial charge in [-0.25, -0.2) is 4.98 Å². The second-order valence-corrected chi connectivity index (χ2v) is 7.81. The molecule has 0 aliphatic rings. The number of anilines is 1. The van der Waals surface area contributed by atoms with Crippen LogP contribution in [0.15, 0.2) is 64.7 Å². The predicted octanol–water partition coefficient (Wildman–Crippen LogP) is 4.17. The average molecular weight is 459 g/mol. The van der Waals surface area contributed by atoms with E-state index in [4.69, 9.17) is 0 Å². The number of amides is 1. The number of hydrogen-bond acceptors (Lipinski definition) is 5. The number of nitrogens with one attached hydrogen (secondary N) is 2. The number of rotatable bonds is 5. The van der Waals surface area contributed by atoms with Gasteiger partial charge in [0.05, 0.1) is 23.2 Å². The van der Waals surface area contributed by atoms with Crippen molar-refractivity contribution in [2.24, 2.45) is 0 Å². The monoisotopic (exact) mass is 459 g/mol. The van der Waals surface area contributed by atoms with E-state index in [-0.39, 0.29) is 22.2 Å². The van der Waals surface area contributed by atoms with Crippen LogP contribution in [0.25, 0.3) is 16.7 Å². The summed E-state index contributed by atoms with van der Waals surface area (Å²) >= 11 is 1.03. The van der Waals surface area contributed by atoms with Crippen LogP contribution in [-0.2, 0) is 11.0 Å². The second-order valence-electron chi connectivity index (χ2n) is 6.87. The zero-order valence-electron chi connectivity index (χ0n) is 16.6. The fourth-order valence-corrected chi connectivity index (χ4v) is 3.87. The molecule has 0 spiro atoms. The van der Waals surface area contributed by atoms with Gasteiger partial charge in [0.1, 0.15) is 5.39 Å². The van der Waals surface area contributed by atoms with E-state index in [0.717, 1.165) is 29.5 Å². The third kappa shape index (κ3) is 4.37. The molecule has 0 saturated heterocycles. The number of fused-ring (bicyclic) bond motifs is 1. The molecule has 164 valence electrons. The van der Waals surface area contributed by atoms with E-state index in [2.05, 4.69) is 20.5 Å². The largest absolute Gasteiger partial charge is 0.416 e. The predicted molar refractivity (Wildman–Crippen MR) is 115 cm³/mol. The van der Waals surface area contributed by atoms with Crippen LogP contribution < -0.4 is 10.9 Å². The van der Waals surface area contributed by atoms with Crippen LogP contribution in [-0.4, -0.2) is 31.4 Å². The van der Waals surface area contributed by atoms with Crippen molar-refractivity contribution in [2.75, 3.05) is 11.1 Å². The molecular formula is C21H16F3N5O2S. The van der Waals surface area contributed by atoms with Gasteiger partial charge in [0, 0.05) is 5.69 Å². The lowest BCUT2D eigenvalue weighted by atomic mass is 10.2. The minimum atomic E-state index is -4.45. The number of aromatic nitrogens is 4. The minimum absolute atomic E-state index is 0.112. The molecule has 0 atom stereocenters. The molecule has 0 fully saturated rings. The first-order valence-corrected chi connectivity index (χ1v) is 10.3. The van der Waals surface area contributed by atoms with Crippen molar-refractivity contribution in [3.8, 4) is 5.69 Å². The van der Waals surface area contributed by atoms with E-state index < -0.39 is 17.6 Å². The van der Waals surface area contributed by atoms with Crippen molar-refractivity contribution in [2.45, 2.75) is 18.3 Å². The molecule has 2 heterocycles. The van der Waals surface area contributed by atoms with Crippen LogP contribution in [0.2, 0.25) is 0 Å². The molecular weight excluding hydrogens is 443 g/mol. The van der Waals surface area contributed by atoms with Gasteiger partial charge in [0.2, 0.25) is 5.91 Å². The third-order valence-electron chi connectivity index (χ3n) is 4.64. The molecule has 2 N–H and O–H groups in total. The Labute approximate surface area is 183 Å². The minimum Gasteiger partial charge on any atom is -0.325 e. The van der Waals surface area contributed by atoms with Gasteiger partial charge in [0.25, 0.3) is 5.56 Å². The summed E-state index contributed by atoms with van der Waals surface area (Å²) in [4.78, 5) is 29.9. The topological polar surface area (TPSA) is 92.7 Å². The summed E-state index contributed by atoms with van der Waals surface area (Å²) in [5.74, 6) is -0.566. The van der Waals surface area contributed by atoms with Gasteiger partial charge >= 0.3 is 6.18 Å². The van der Waals surface area contributed by atoms with Crippen LogP contribution in [0.4, 0.5) is 18.9 Å². The molecule has 0 aliphatic heterocycles. The maximum atomic E-state index is 13.1.